The Morgan fingerprint density at radius 2 is 1.66 bits per heavy atom. The van der Waals surface area contributed by atoms with E-state index in [-0.39, 0.29) is 11.7 Å². The van der Waals surface area contributed by atoms with E-state index in [4.69, 9.17) is 8.92 Å². The molecule has 0 spiro atoms. The van der Waals surface area contributed by atoms with Crippen LogP contribution in [0.3, 0.4) is 0 Å². The third kappa shape index (κ3) is 5.56. The topological polar surface area (TPSA) is 72.9 Å². The highest BCUT2D eigenvalue weighted by Crippen LogP contribution is 2.22. The van der Waals surface area contributed by atoms with Crippen LogP contribution in [0.1, 0.15) is 15.9 Å². The first-order valence-corrected chi connectivity index (χ1v) is 10.9. The molecule has 3 aromatic carbocycles. The zero-order valence-electron chi connectivity index (χ0n) is 16.4. The van der Waals surface area contributed by atoms with E-state index in [1.807, 2.05) is 42.5 Å². The van der Waals surface area contributed by atoms with E-state index in [0.29, 0.717) is 25.3 Å². The van der Waals surface area contributed by atoms with E-state index < -0.39 is 10.1 Å². The third-order valence-corrected chi connectivity index (χ3v) is 4.91. The average Bonchev–Trinajstić information content (AvgIpc) is 2.70. The predicted octanol–water partition coefficient (Wildman–Crippen LogP) is 3.47. The number of ether oxygens (including phenoxy) is 1. The number of benzene rings is 3. The van der Waals surface area contributed by atoms with E-state index >= 15 is 0 Å². The van der Waals surface area contributed by atoms with Crippen LogP contribution in [-0.2, 0) is 21.4 Å². The van der Waals surface area contributed by atoms with Crippen molar-refractivity contribution in [3.05, 3.63) is 77.9 Å². The lowest BCUT2D eigenvalue weighted by Gasteiger charge is -2.23. The average molecular weight is 413 g/mol. The second-order valence-electron chi connectivity index (χ2n) is 6.68. The van der Waals surface area contributed by atoms with Crippen molar-refractivity contribution >= 4 is 26.8 Å². The maximum absolute atomic E-state index is 13.3. The third-order valence-electron chi connectivity index (χ3n) is 4.42. The number of nitrogens with zero attached hydrogens (tertiary/aromatic N) is 1. The number of methoxy groups -OCH3 is 1. The van der Waals surface area contributed by atoms with Gasteiger partial charge in [-0.25, -0.2) is 0 Å². The quantitative estimate of drug-likeness (QED) is 0.529. The predicted molar refractivity (Wildman–Crippen MR) is 112 cm³/mol. The van der Waals surface area contributed by atoms with Gasteiger partial charge in [-0.2, -0.15) is 8.42 Å². The number of amides is 1. The fourth-order valence-corrected chi connectivity index (χ4v) is 3.54. The van der Waals surface area contributed by atoms with Gasteiger partial charge in [-0.15, -0.1) is 0 Å². The number of rotatable bonds is 8. The molecule has 3 rings (SSSR count). The Morgan fingerprint density at radius 3 is 2.34 bits per heavy atom. The number of carbonyl (C=O) groups is 1. The van der Waals surface area contributed by atoms with Crippen LogP contribution in [0.5, 0.6) is 5.75 Å². The van der Waals surface area contributed by atoms with Crippen LogP contribution in [-0.4, -0.2) is 45.7 Å². The van der Waals surface area contributed by atoms with Crippen LogP contribution >= 0.6 is 0 Å². The number of hydrogen-bond acceptors (Lipinski definition) is 5. The van der Waals surface area contributed by atoms with E-state index in [1.54, 1.807) is 36.3 Å². The molecule has 0 N–H and O–H groups in total. The van der Waals surface area contributed by atoms with Crippen molar-refractivity contribution < 1.29 is 22.1 Å². The van der Waals surface area contributed by atoms with Crippen LogP contribution in [0.15, 0.2) is 66.7 Å². The lowest BCUT2D eigenvalue weighted by atomic mass is 10.0. The standard InChI is InChI=1S/C22H23NO5S/c1-27-15-14-23(16-17-10-12-19(13-11-17)28-29(2,25)26)22(24)21-9-5-7-18-6-3-4-8-20(18)21/h3-13H,14-16H2,1-2H3. The van der Waals surface area contributed by atoms with Gasteiger partial charge in [0.1, 0.15) is 5.75 Å². The summed E-state index contributed by atoms with van der Waals surface area (Å²) in [6, 6.07) is 20.1. The Balaban J connectivity index is 1.85. The highest BCUT2D eigenvalue weighted by Gasteiger charge is 2.18. The van der Waals surface area contributed by atoms with Gasteiger partial charge in [0, 0.05) is 25.8 Å². The number of fused-ring (bicyclic) bond motifs is 1. The molecule has 3 aromatic rings. The lowest BCUT2D eigenvalue weighted by molar-refractivity contribution is 0.0682. The first-order chi connectivity index (χ1) is 13.9. The first-order valence-electron chi connectivity index (χ1n) is 9.12. The summed E-state index contributed by atoms with van der Waals surface area (Å²) in [4.78, 5) is 15.0. The van der Waals surface area contributed by atoms with E-state index in [0.717, 1.165) is 22.6 Å². The van der Waals surface area contributed by atoms with E-state index in [9.17, 15) is 13.2 Å². The molecule has 0 aromatic heterocycles. The van der Waals surface area contributed by atoms with Crippen LogP contribution in [0.25, 0.3) is 10.8 Å². The summed E-state index contributed by atoms with van der Waals surface area (Å²) >= 11 is 0. The SMILES string of the molecule is COCCN(Cc1ccc(OS(C)(=O)=O)cc1)C(=O)c1cccc2ccccc12. The van der Waals surface area contributed by atoms with Crippen LogP contribution in [0.2, 0.25) is 0 Å². The smallest absolute Gasteiger partial charge is 0.306 e. The molecule has 152 valence electrons. The summed E-state index contributed by atoms with van der Waals surface area (Å²) in [5.41, 5.74) is 1.49. The van der Waals surface area contributed by atoms with Gasteiger partial charge in [-0.3, -0.25) is 4.79 Å². The zero-order chi connectivity index (χ0) is 20.9. The fourth-order valence-electron chi connectivity index (χ4n) is 3.08. The van der Waals surface area contributed by atoms with Gasteiger partial charge in [0.05, 0.1) is 12.9 Å². The molecule has 0 atom stereocenters. The minimum atomic E-state index is -3.58. The van der Waals surface area contributed by atoms with Crippen molar-refractivity contribution in [3.8, 4) is 5.75 Å². The van der Waals surface area contributed by atoms with Gasteiger partial charge in [0.2, 0.25) is 0 Å². The Hall–Kier alpha value is -2.90. The van der Waals surface area contributed by atoms with Crippen molar-refractivity contribution in [3.63, 3.8) is 0 Å². The van der Waals surface area contributed by atoms with Crippen LogP contribution in [0, 0.1) is 0 Å². The second kappa shape index (κ2) is 9.07. The maximum atomic E-state index is 13.3. The largest absolute Gasteiger partial charge is 0.383 e. The second-order valence-corrected chi connectivity index (χ2v) is 8.25. The summed E-state index contributed by atoms with van der Waals surface area (Å²) in [5, 5.41) is 1.91. The van der Waals surface area contributed by atoms with Gasteiger partial charge >= 0.3 is 10.1 Å². The van der Waals surface area contributed by atoms with Crippen molar-refractivity contribution in [1.82, 2.24) is 4.90 Å². The molecule has 0 radical (unpaired) electrons. The molecule has 0 aliphatic heterocycles. The van der Waals surface area contributed by atoms with Gasteiger partial charge in [0.15, 0.2) is 0 Å². The number of carbonyl (C=O) groups excluding carboxylic acids is 1. The molecule has 0 bridgehead atoms. The molecule has 0 aliphatic rings. The molecular formula is C22H23NO5S. The Morgan fingerprint density at radius 1 is 0.966 bits per heavy atom. The molecule has 1 amide bonds. The summed E-state index contributed by atoms with van der Waals surface area (Å²) in [5.74, 6) is 0.149. The molecule has 7 heteroatoms. The Kier molecular flexibility index (Phi) is 6.51. The fraction of sp³-hybridized carbons (Fsp3) is 0.227. The molecule has 29 heavy (non-hydrogen) atoms. The Labute approximate surface area is 170 Å². The highest BCUT2D eigenvalue weighted by molar-refractivity contribution is 7.86. The summed E-state index contributed by atoms with van der Waals surface area (Å²) in [6.45, 7) is 1.20. The normalized spacial score (nSPS) is 11.4. The molecular weight excluding hydrogens is 390 g/mol. The number of hydrogen-bond donors (Lipinski definition) is 0. The van der Waals surface area contributed by atoms with Gasteiger partial charge in [-0.05, 0) is 34.5 Å². The summed E-state index contributed by atoms with van der Waals surface area (Å²) in [6.07, 6.45) is 0.996. The van der Waals surface area contributed by atoms with Gasteiger partial charge in [-0.1, -0.05) is 48.5 Å². The highest BCUT2D eigenvalue weighted by atomic mass is 32.2. The van der Waals surface area contributed by atoms with E-state index in [2.05, 4.69) is 0 Å². The van der Waals surface area contributed by atoms with Crippen molar-refractivity contribution in [2.75, 3.05) is 26.5 Å². The molecule has 0 saturated heterocycles. The molecule has 0 heterocycles. The summed E-state index contributed by atoms with van der Waals surface area (Å²) in [7, 11) is -1.98. The van der Waals surface area contributed by atoms with Crippen molar-refractivity contribution in [1.29, 1.82) is 0 Å². The Bertz CT molecular complexity index is 1090. The van der Waals surface area contributed by atoms with Crippen molar-refractivity contribution in [2.45, 2.75) is 6.54 Å². The van der Waals surface area contributed by atoms with E-state index in [1.165, 1.54) is 0 Å². The molecule has 6 nitrogen and oxygen atoms in total. The monoisotopic (exact) mass is 413 g/mol. The molecule has 0 aliphatic carbocycles. The van der Waals surface area contributed by atoms with Gasteiger partial charge < -0.3 is 13.8 Å². The maximum Gasteiger partial charge on any atom is 0.306 e. The minimum Gasteiger partial charge on any atom is -0.383 e. The molecule has 0 unspecified atom stereocenters. The first kappa shape index (κ1) is 20.8. The molecule has 0 saturated carbocycles. The minimum absolute atomic E-state index is 0.0877. The zero-order valence-corrected chi connectivity index (χ0v) is 17.2. The molecule has 0 fully saturated rings. The van der Waals surface area contributed by atoms with Gasteiger partial charge in [0.25, 0.3) is 5.91 Å². The summed E-state index contributed by atoms with van der Waals surface area (Å²) < 4.78 is 32.5. The lowest BCUT2D eigenvalue weighted by Crippen LogP contribution is -2.33. The van der Waals surface area contributed by atoms with Crippen LogP contribution in [0.4, 0.5) is 0 Å². The van der Waals surface area contributed by atoms with Crippen molar-refractivity contribution in [2.24, 2.45) is 0 Å². The van der Waals surface area contributed by atoms with Crippen LogP contribution < -0.4 is 4.18 Å².